The van der Waals surface area contributed by atoms with Crippen LogP contribution in [0.4, 0.5) is 0 Å². The molecule has 2 rings (SSSR count). The molecule has 1 atom stereocenters. The maximum absolute atomic E-state index is 11.6. The number of aliphatic hydroxyl groups is 1. The molecule has 2 aromatic heterocycles. The van der Waals surface area contributed by atoms with Gasteiger partial charge in [0.2, 0.25) is 0 Å². The molecule has 0 aliphatic heterocycles. The predicted octanol–water partition coefficient (Wildman–Crippen LogP) is 1.14. The van der Waals surface area contributed by atoms with Gasteiger partial charge in [0.1, 0.15) is 5.69 Å². The maximum atomic E-state index is 11.6. The van der Waals surface area contributed by atoms with Crippen molar-refractivity contribution in [1.82, 2.24) is 10.3 Å². The summed E-state index contributed by atoms with van der Waals surface area (Å²) >= 11 is 0. The lowest BCUT2D eigenvalue weighted by atomic mass is 10.2. The molecule has 0 aliphatic rings. The van der Waals surface area contributed by atoms with Crippen LogP contribution in [0.25, 0.3) is 0 Å². The first kappa shape index (κ1) is 11.3. The second-order valence-electron chi connectivity index (χ2n) is 3.50. The van der Waals surface area contributed by atoms with Crippen molar-refractivity contribution in [2.24, 2.45) is 0 Å². The van der Waals surface area contributed by atoms with Crippen molar-refractivity contribution in [3.8, 4) is 0 Å². The zero-order valence-corrected chi connectivity index (χ0v) is 9.04. The van der Waals surface area contributed by atoms with Crippen LogP contribution in [-0.2, 0) is 0 Å². The van der Waals surface area contributed by atoms with Crippen molar-refractivity contribution >= 4 is 5.91 Å². The standard InChI is InChI=1S/C12H12N2O3/c15-11(9-4-6-17-8-9)7-14-12(16)10-3-1-2-5-13-10/h1-6,8,11,15H,7H2,(H,14,16)/t11-/m0/s1. The van der Waals surface area contributed by atoms with Gasteiger partial charge < -0.3 is 14.8 Å². The molecular formula is C12H12N2O3. The van der Waals surface area contributed by atoms with Gasteiger partial charge in [-0.15, -0.1) is 0 Å². The van der Waals surface area contributed by atoms with Crippen LogP contribution < -0.4 is 5.32 Å². The Bertz CT molecular complexity index is 468. The molecule has 17 heavy (non-hydrogen) atoms. The SMILES string of the molecule is O=C(NC[C@H](O)c1ccoc1)c1ccccn1. The van der Waals surface area contributed by atoms with Crippen LogP contribution >= 0.6 is 0 Å². The van der Waals surface area contributed by atoms with Crippen LogP contribution in [0.15, 0.2) is 47.4 Å². The smallest absolute Gasteiger partial charge is 0.269 e. The fourth-order valence-corrected chi connectivity index (χ4v) is 1.36. The number of hydrogen-bond donors (Lipinski definition) is 2. The summed E-state index contributed by atoms with van der Waals surface area (Å²) in [5.41, 5.74) is 0.957. The largest absolute Gasteiger partial charge is 0.472 e. The zero-order chi connectivity index (χ0) is 12.1. The van der Waals surface area contributed by atoms with Crippen LogP contribution in [0, 0.1) is 0 Å². The van der Waals surface area contributed by atoms with Gasteiger partial charge in [-0.3, -0.25) is 9.78 Å². The normalized spacial score (nSPS) is 12.1. The first-order valence-corrected chi connectivity index (χ1v) is 5.17. The maximum Gasteiger partial charge on any atom is 0.269 e. The summed E-state index contributed by atoms with van der Waals surface area (Å²) in [5.74, 6) is -0.312. The lowest BCUT2D eigenvalue weighted by Gasteiger charge is -2.09. The minimum atomic E-state index is -0.776. The van der Waals surface area contributed by atoms with Gasteiger partial charge >= 0.3 is 0 Å². The van der Waals surface area contributed by atoms with Gasteiger partial charge in [0.25, 0.3) is 5.91 Å². The monoisotopic (exact) mass is 232 g/mol. The summed E-state index contributed by atoms with van der Waals surface area (Å²) in [6, 6.07) is 6.72. The zero-order valence-electron chi connectivity index (χ0n) is 9.04. The number of aliphatic hydroxyl groups excluding tert-OH is 1. The number of pyridine rings is 1. The Morgan fingerprint density at radius 1 is 1.47 bits per heavy atom. The van der Waals surface area contributed by atoms with Gasteiger partial charge in [-0.25, -0.2) is 0 Å². The molecule has 5 nitrogen and oxygen atoms in total. The highest BCUT2D eigenvalue weighted by atomic mass is 16.3. The van der Waals surface area contributed by atoms with Crippen LogP contribution in [0.2, 0.25) is 0 Å². The molecule has 88 valence electrons. The highest BCUT2D eigenvalue weighted by Crippen LogP contribution is 2.11. The van der Waals surface area contributed by atoms with Crippen LogP contribution in [0.3, 0.4) is 0 Å². The molecule has 0 aromatic carbocycles. The van der Waals surface area contributed by atoms with E-state index in [1.54, 1.807) is 30.5 Å². The molecule has 0 radical (unpaired) electrons. The predicted molar refractivity (Wildman–Crippen MR) is 60.2 cm³/mol. The summed E-state index contributed by atoms with van der Waals surface area (Å²) in [7, 11) is 0. The highest BCUT2D eigenvalue weighted by molar-refractivity contribution is 5.92. The van der Waals surface area contributed by atoms with Gasteiger partial charge in [-0.2, -0.15) is 0 Å². The Balaban J connectivity index is 1.89. The Labute approximate surface area is 98.1 Å². The lowest BCUT2D eigenvalue weighted by Crippen LogP contribution is -2.28. The van der Waals surface area contributed by atoms with Crippen LogP contribution in [0.1, 0.15) is 22.2 Å². The molecule has 0 bridgehead atoms. The highest BCUT2D eigenvalue weighted by Gasteiger charge is 2.11. The number of carbonyl (C=O) groups is 1. The first-order valence-electron chi connectivity index (χ1n) is 5.17. The average Bonchev–Trinajstić information content (AvgIpc) is 2.90. The Morgan fingerprint density at radius 3 is 3.00 bits per heavy atom. The van der Waals surface area contributed by atoms with Crippen LogP contribution in [0.5, 0.6) is 0 Å². The topological polar surface area (TPSA) is 75.4 Å². The van der Waals surface area contributed by atoms with Crippen molar-refractivity contribution in [3.05, 3.63) is 54.2 Å². The molecule has 2 N–H and O–H groups in total. The minimum absolute atomic E-state index is 0.120. The first-order chi connectivity index (χ1) is 8.27. The summed E-state index contributed by atoms with van der Waals surface area (Å²) in [5, 5.41) is 12.3. The van der Waals surface area contributed by atoms with Gasteiger partial charge in [0, 0.05) is 18.3 Å². The third-order valence-corrected chi connectivity index (χ3v) is 2.28. The van der Waals surface area contributed by atoms with E-state index >= 15 is 0 Å². The van der Waals surface area contributed by atoms with Gasteiger partial charge in [-0.1, -0.05) is 6.07 Å². The third-order valence-electron chi connectivity index (χ3n) is 2.28. The number of furan rings is 1. The second-order valence-corrected chi connectivity index (χ2v) is 3.50. The number of hydrogen-bond acceptors (Lipinski definition) is 4. The quantitative estimate of drug-likeness (QED) is 0.828. The number of carbonyl (C=O) groups excluding carboxylic acids is 1. The van der Waals surface area contributed by atoms with E-state index in [1.807, 2.05) is 0 Å². The second kappa shape index (κ2) is 5.27. The van der Waals surface area contributed by atoms with Crippen molar-refractivity contribution in [3.63, 3.8) is 0 Å². The van der Waals surface area contributed by atoms with Gasteiger partial charge in [0.15, 0.2) is 0 Å². The van der Waals surface area contributed by atoms with E-state index in [4.69, 9.17) is 4.42 Å². The van der Waals surface area contributed by atoms with E-state index in [0.29, 0.717) is 11.3 Å². The number of amides is 1. The number of nitrogens with one attached hydrogen (secondary N) is 1. The molecule has 0 fully saturated rings. The molecular weight excluding hydrogens is 220 g/mol. The summed E-state index contributed by atoms with van der Waals surface area (Å²) in [6.07, 6.45) is 3.68. The van der Waals surface area contributed by atoms with E-state index in [0.717, 1.165) is 0 Å². The molecule has 0 saturated carbocycles. The number of nitrogens with zero attached hydrogens (tertiary/aromatic N) is 1. The molecule has 0 saturated heterocycles. The fourth-order valence-electron chi connectivity index (χ4n) is 1.36. The number of rotatable bonds is 4. The van der Waals surface area contributed by atoms with Gasteiger partial charge in [0.05, 0.1) is 18.6 Å². The van der Waals surface area contributed by atoms with E-state index < -0.39 is 6.10 Å². The van der Waals surface area contributed by atoms with Crippen molar-refractivity contribution in [2.75, 3.05) is 6.54 Å². The molecule has 1 amide bonds. The molecule has 5 heteroatoms. The molecule has 0 spiro atoms. The summed E-state index contributed by atoms with van der Waals surface area (Å²) in [6.45, 7) is 0.120. The Kier molecular flexibility index (Phi) is 3.52. The van der Waals surface area contributed by atoms with E-state index in [2.05, 4.69) is 10.3 Å². The molecule has 0 unspecified atom stereocenters. The van der Waals surface area contributed by atoms with Gasteiger partial charge in [-0.05, 0) is 18.2 Å². The molecule has 0 aliphatic carbocycles. The van der Waals surface area contributed by atoms with E-state index in [-0.39, 0.29) is 12.5 Å². The fraction of sp³-hybridized carbons (Fsp3) is 0.167. The van der Waals surface area contributed by atoms with Crippen molar-refractivity contribution in [2.45, 2.75) is 6.10 Å². The Morgan fingerprint density at radius 2 is 2.35 bits per heavy atom. The summed E-state index contributed by atoms with van der Waals surface area (Å²) in [4.78, 5) is 15.5. The van der Waals surface area contributed by atoms with Crippen molar-refractivity contribution < 1.29 is 14.3 Å². The van der Waals surface area contributed by atoms with Crippen LogP contribution in [-0.4, -0.2) is 22.5 Å². The summed E-state index contributed by atoms with van der Waals surface area (Å²) < 4.78 is 4.84. The van der Waals surface area contributed by atoms with Crippen molar-refractivity contribution in [1.29, 1.82) is 0 Å². The number of aromatic nitrogens is 1. The Hall–Kier alpha value is -2.14. The minimum Gasteiger partial charge on any atom is -0.472 e. The molecule has 2 heterocycles. The van der Waals surface area contributed by atoms with E-state index in [1.165, 1.54) is 12.5 Å². The van der Waals surface area contributed by atoms with E-state index in [9.17, 15) is 9.90 Å². The average molecular weight is 232 g/mol. The third kappa shape index (κ3) is 2.92. The lowest BCUT2D eigenvalue weighted by molar-refractivity contribution is 0.0911. The molecule has 2 aromatic rings.